The Bertz CT molecular complexity index is 995. The van der Waals surface area contributed by atoms with E-state index < -0.39 is 29.5 Å². The van der Waals surface area contributed by atoms with Crippen LogP contribution in [-0.4, -0.2) is 39.3 Å². The van der Waals surface area contributed by atoms with E-state index in [0.29, 0.717) is 25.8 Å². The molecule has 0 bridgehead atoms. The van der Waals surface area contributed by atoms with Crippen molar-refractivity contribution in [3.63, 3.8) is 0 Å². The highest BCUT2D eigenvalue weighted by Crippen LogP contribution is 2.38. The summed E-state index contributed by atoms with van der Waals surface area (Å²) in [7, 11) is 0. The lowest BCUT2D eigenvalue weighted by atomic mass is 9.95. The van der Waals surface area contributed by atoms with E-state index in [2.05, 4.69) is 0 Å². The van der Waals surface area contributed by atoms with Crippen molar-refractivity contribution in [2.24, 2.45) is 0 Å². The van der Waals surface area contributed by atoms with Crippen molar-refractivity contribution in [3.8, 4) is 0 Å². The number of rotatable bonds is 10. The predicted molar refractivity (Wildman–Crippen MR) is 117 cm³/mol. The first-order valence-corrected chi connectivity index (χ1v) is 10.3. The van der Waals surface area contributed by atoms with E-state index in [1.807, 2.05) is 60.7 Å². The third-order valence-electron chi connectivity index (χ3n) is 5.20. The number of hydrogen-bond acceptors (Lipinski definition) is 4. The van der Waals surface area contributed by atoms with Gasteiger partial charge in [0.2, 0.25) is 0 Å². The molecule has 0 fully saturated rings. The minimum atomic E-state index is -0.850. The maximum atomic E-state index is 13.0. The van der Waals surface area contributed by atoms with Gasteiger partial charge in [-0.3, -0.25) is 14.4 Å². The van der Waals surface area contributed by atoms with Gasteiger partial charge in [0.15, 0.2) is 11.5 Å². The number of aliphatic hydroxyl groups excluding tert-OH is 1. The summed E-state index contributed by atoms with van der Waals surface area (Å²) >= 11 is 0. The van der Waals surface area contributed by atoms with Gasteiger partial charge in [0.05, 0.1) is 11.6 Å². The lowest BCUT2D eigenvalue weighted by Crippen LogP contribution is -2.32. The molecule has 6 nitrogen and oxygen atoms in total. The fraction of sp³-hybridized carbons (Fsp3) is 0.240. The van der Waals surface area contributed by atoms with Crippen molar-refractivity contribution in [2.45, 2.75) is 31.7 Å². The molecular formula is C25H25NO5. The topological polar surface area (TPSA) is 94.9 Å². The van der Waals surface area contributed by atoms with Crippen molar-refractivity contribution in [1.29, 1.82) is 0 Å². The van der Waals surface area contributed by atoms with E-state index in [-0.39, 0.29) is 12.0 Å². The van der Waals surface area contributed by atoms with Crippen LogP contribution in [0.25, 0.3) is 6.08 Å². The number of amides is 1. The summed E-state index contributed by atoms with van der Waals surface area (Å²) in [5, 5.41) is 19.3. The van der Waals surface area contributed by atoms with E-state index in [9.17, 15) is 19.5 Å². The molecule has 0 spiro atoms. The lowest BCUT2D eigenvalue weighted by Gasteiger charge is -2.26. The first-order valence-electron chi connectivity index (χ1n) is 10.3. The number of aliphatic carboxylic acids is 1. The van der Waals surface area contributed by atoms with E-state index in [1.54, 1.807) is 6.08 Å². The summed E-state index contributed by atoms with van der Waals surface area (Å²) in [6.45, 7) is 0.321. The number of hydrogen-bond donors (Lipinski definition) is 2. The van der Waals surface area contributed by atoms with Crippen LogP contribution < -0.4 is 0 Å². The van der Waals surface area contributed by atoms with Gasteiger partial charge in [-0.15, -0.1) is 0 Å². The lowest BCUT2D eigenvalue weighted by molar-refractivity contribution is -0.137. The molecule has 6 heteroatoms. The maximum absolute atomic E-state index is 13.0. The van der Waals surface area contributed by atoms with Gasteiger partial charge in [-0.25, -0.2) is 0 Å². The van der Waals surface area contributed by atoms with Crippen LogP contribution in [0.2, 0.25) is 0 Å². The van der Waals surface area contributed by atoms with Crippen LogP contribution in [0.4, 0.5) is 0 Å². The average molecular weight is 419 g/mol. The number of benzene rings is 2. The third-order valence-corrected chi connectivity index (χ3v) is 5.20. The normalized spacial score (nSPS) is 16.3. The molecule has 1 aliphatic heterocycles. The van der Waals surface area contributed by atoms with Crippen LogP contribution >= 0.6 is 0 Å². The number of carboxylic acid groups (broad SMARTS) is 1. The SMILES string of the molecule is O=C(O)CCCCCN1C(=O)C(O)=C(C(=O)C=Cc2ccccc2)C1c1ccccc1. The van der Waals surface area contributed by atoms with Crippen LogP contribution in [0.3, 0.4) is 0 Å². The third kappa shape index (κ3) is 5.48. The average Bonchev–Trinajstić information content (AvgIpc) is 3.03. The standard InChI is InChI=1S/C25H25NO5/c27-20(16-15-18-10-4-1-5-11-18)22-23(19-12-6-2-7-13-19)26(25(31)24(22)30)17-9-3-8-14-21(28)29/h1-2,4-7,10-13,15-16,23,30H,3,8-9,14,17H2,(H,28,29). The first kappa shape index (κ1) is 22.0. The largest absolute Gasteiger partial charge is 0.503 e. The molecule has 0 radical (unpaired) electrons. The van der Waals surface area contributed by atoms with Gasteiger partial charge in [-0.05, 0) is 30.0 Å². The summed E-state index contributed by atoms with van der Waals surface area (Å²) < 4.78 is 0. The number of unbranched alkanes of at least 4 members (excludes halogenated alkanes) is 2. The Morgan fingerprint density at radius 2 is 1.58 bits per heavy atom. The fourth-order valence-electron chi connectivity index (χ4n) is 3.68. The van der Waals surface area contributed by atoms with Crippen LogP contribution in [0, 0.1) is 0 Å². The zero-order valence-electron chi connectivity index (χ0n) is 17.1. The number of nitrogens with zero attached hydrogens (tertiary/aromatic N) is 1. The van der Waals surface area contributed by atoms with Gasteiger partial charge in [-0.1, -0.05) is 73.2 Å². The van der Waals surface area contributed by atoms with Gasteiger partial charge < -0.3 is 15.1 Å². The molecule has 2 aromatic rings. The van der Waals surface area contributed by atoms with Gasteiger partial charge in [0.25, 0.3) is 5.91 Å². The van der Waals surface area contributed by atoms with Crippen molar-refractivity contribution < 1.29 is 24.6 Å². The molecule has 1 heterocycles. The second kappa shape index (κ2) is 10.4. The molecule has 1 amide bonds. The molecule has 0 saturated heterocycles. The zero-order valence-corrected chi connectivity index (χ0v) is 17.1. The molecule has 3 rings (SSSR count). The van der Waals surface area contributed by atoms with Crippen molar-refractivity contribution in [3.05, 3.63) is 89.2 Å². The summed E-state index contributed by atoms with van der Waals surface area (Å²) in [4.78, 5) is 38.0. The summed E-state index contributed by atoms with van der Waals surface area (Å²) in [6.07, 6.45) is 4.84. The maximum Gasteiger partial charge on any atom is 0.303 e. The number of carbonyl (C=O) groups excluding carboxylic acids is 2. The van der Waals surface area contributed by atoms with Crippen molar-refractivity contribution >= 4 is 23.7 Å². The quantitative estimate of drug-likeness (QED) is 0.442. The smallest absolute Gasteiger partial charge is 0.303 e. The Hall–Kier alpha value is -3.67. The number of allylic oxidation sites excluding steroid dienone is 1. The van der Waals surface area contributed by atoms with Gasteiger partial charge in [-0.2, -0.15) is 0 Å². The Morgan fingerprint density at radius 1 is 0.935 bits per heavy atom. The number of aliphatic hydroxyl groups is 1. The summed E-state index contributed by atoms with van der Waals surface area (Å²) in [5.74, 6) is -2.38. The Balaban J connectivity index is 1.82. The van der Waals surface area contributed by atoms with E-state index >= 15 is 0 Å². The second-order valence-corrected chi connectivity index (χ2v) is 7.39. The van der Waals surface area contributed by atoms with Crippen LogP contribution in [0.15, 0.2) is 78.1 Å². The van der Waals surface area contributed by atoms with Gasteiger partial charge in [0.1, 0.15) is 0 Å². The molecule has 2 aromatic carbocycles. The second-order valence-electron chi connectivity index (χ2n) is 7.39. The number of ketones is 1. The fourth-order valence-corrected chi connectivity index (χ4v) is 3.68. The Kier molecular flexibility index (Phi) is 7.38. The zero-order chi connectivity index (χ0) is 22.2. The predicted octanol–water partition coefficient (Wildman–Crippen LogP) is 4.31. The highest BCUT2D eigenvalue weighted by Gasteiger charge is 2.42. The first-order chi connectivity index (χ1) is 15.0. The van der Waals surface area contributed by atoms with Crippen LogP contribution in [0.5, 0.6) is 0 Å². The van der Waals surface area contributed by atoms with E-state index in [4.69, 9.17) is 5.11 Å². The molecule has 1 atom stereocenters. The Labute approximate surface area is 181 Å². The van der Waals surface area contributed by atoms with Crippen LogP contribution in [-0.2, 0) is 14.4 Å². The molecule has 0 aliphatic carbocycles. The highest BCUT2D eigenvalue weighted by molar-refractivity contribution is 6.14. The summed E-state index contributed by atoms with van der Waals surface area (Å²) in [6, 6.07) is 17.8. The molecule has 0 aromatic heterocycles. The summed E-state index contributed by atoms with van der Waals surface area (Å²) in [5.41, 5.74) is 1.64. The number of carboxylic acids is 1. The minimum Gasteiger partial charge on any atom is -0.503 e. The van der Waals surface area contributed by atoms with Gasteiger partial charge in [0, 0.05) is 13.0 Å². The monoisotopic (exact) mass is 419 g/mol. The molecule has 1 aliphatic rings. The molecule has 160 valence electrons. The molecule has 2 N–H and O–H groups in total. The van der Waals surface area contributed by atoms with Crippen LogP contribution in [0.1, 0.15) is 42.9 Å². The number of carbonyl (C=O) groups is 3. The van der Waals surface area contributed by atoms with E-state index in [1.165, 1.54) is 11.0 Å². The Morgan fingerprint density at radius 3 is 2.23 bits per heavy atom. The van der Waals surface area contributed by atoms with Crippen molar-refractivity contribution in [1.82, 2.24) is 4.90 Å². The van der Waals surface area contributed by atoms with E-state index in [0.717, 1.165) is 11.1 Å². The molecule has 31 heavy (non-hydrogen) atoms. The molecule has 1 unspecified atom stereocenters. The van der Waals surface area contributed by atoms with Gasteiger partial charge >= 0.3 is 5.97 Å². The molecule has 0 saturated carbocycles. The highest BCUT2D eigenvalue weighted by atomic mass is 16.4. The van der Waals surface area contributed by atoms with Crippen molar-refractivity contribution in [2.75, 3.05) is 6.54 Å². The minimum absolute atomic E-state index is 0.0638. The molecular weight excluding hydrogens is 394 g/mol.